The van der Waals surface area contributed by atoms with E-state index in [1.807, 2.05) is 30.3 Å². The fraction of sp³-hybridized carbons (Fsp3) is 0.500. The summed E-state index contributed by atoms with van der Waals surface area (Å²) in [6, 6.07) is 9.53. The van der Waals surface area contributed by atoms with E-state index in [0.717, 1.165) is 12.1 Å². The summed E-state index contributed by atoms with van der Waals surface area (Å²) in [5.74, 6) is -0.120. The number of aliphatic hydroxyl groups is 1. The number of benzene rings is 1. The fourth-order valence-corrected chi connectivity index (χ4v) is 2.54. The van der Waals surface area contributed by atoms with Gasteiger partial charge in [-0.2, -0.15) is 0 Å². The topological polar surface area (TPSA) is 61.4 Å². The average molecular weight is 248 g/mol. The molecule has 1 aliphatic heterocycles. The lowest BCUT2D eigenvalue weighted by Crippen LogP contribution is -2.61. The molecule has 1 amide bonds. The maximum absolute atomic E-state index is 11.3. The lowest BCUT2D eigenvalue weighted by atomic mass is 9.81. The molecule has 0 aromatic heterocycles. The highest BCUT2D eigenvalue weighted by Gasteiger charge is 2.41. The third kappa shape index (κ3) is 2.71. The largest absolute Gasteiger partial charge is 0.388 e. The van der Waals surface area contributed by atoms with Gasteiger partial charge in [0.1, 0.15) is 0 Å². The molecule has 3 unspecified atom stereocenters. The highest BCUT2D eigenvalue weighted by molar-refractivity contribution is 5.73. The molecule has 1 aromatic rings. The zero-order valence-corrected chi connectivity index (χ0v) is 10.8. The average Bonchev–Trinajstić information content (AvgIpc) is 2.32. The third-order valence-corrected chi connectivity index (χ3v) is 3.52. The molecular weight excluding hydrogens is 228 g/mol. The predicted octanol–water partition coefficient (Wildman–Crippen LogP) is 0.977. The van der Waals surface area contributed by atoms with Gasteiger partial charge < -0.3 is 15.7 Å². The smallest absolute Gasteiger partial charge is 0.217 e. The SMILES string of the molecule is CC(=O)NC1C(c2ccccc2)NCCC1(C)O. The van der Waals surface area contributed by atoms with Crippen LogP contribution in [0.5, 0.6) is 0 Å². The first-order valence-corrected chi connectivity index (χ1v) is 6.28. The van der Waals surface area contributed by atoms with E-state index in [1.54, 1.807) is 6.92 Å². The number of piperidine rings is 1. The maximum Gasteiger partial charge on any atom is 0.217 e. The Hall–Kier alpha value is -1.39. The first-order valence-electron chi connectivity index (χ1n) is 6.28. The van der Waals surface area contributed by atoms with Crippen LogP contribution in [0.3, 0.4) is 0 Å². The lowest BCUT2D eigenvalue weighted by molar-refractivity contribution is -0.123. The van der Waals surface area contributed by atoms with Gasteiger partial charge in [-0.15, -0.1) is 0 Å². The van der Waals surface area contributed by atoms with Crippen molar-refractivity contribution in [3.8, 4) is 0 Å². The van der Waals surface area contributed by atoms with Crippen molar-refractivity contribution < 1.29 is 9.90 Å². The molecule has 98 valence electrons. The first kappa shape index (κ1) is 13.1. The van der Waals surface area contributed by atoms with Crippen LogP contribution in [0, 0.1) is 0 Å². The normalized spacial score (nSPS) is 31.9. The standard InChI is InChI=1S/C14H20N2O2/c1-10(17)16-13-12(11-6-4-3-5-7-11)15-9-8-14(13,2)18/h3-7,12-13,15,18H,8-9H2,1-2H3,(H,16,17). The Morgan fingerprint density at radius 3 is 2.72 bits per heavy atom. The molecule has 0 spiro atoms. The van der Waals surface area contributed by atoms with Gasteiger partial charge in [0.05, 0.1) is 17.7 Å². The zero-order chi connectivity index (χ0) is 13.2. The van der Waals surface area contributed by atoms with Crippen molar-refractivity contribution in [3.63, 3.8) is 0 Å². The summed E-state index contributed by atoms with van der Waals surface area (Å²) in [5.41, 5.74) is 0.188. The van der Waals surface area contributed by atoms with Crippen molar-refractivity contribution in [3.05, 3.63) is 35.9 Å². The van der Waals surface area contributed by atoms with Gasteiger partial charge in [-0.1, -0.05) is 30.3 Å². The second-order valence-corrected chi connectivity index (χ2v) is 5.13. The molecule has 1 aliphatic rings. The first-order chi connectivity index (χ1) is 8.50. The van der Waals surface area contributed by atoms with Gasteiger partial charge in [0.25, 0.3) is 0 Å². The number of hydrogen-bond acceptors (Lipinski definition) is 3. The number of carbonyl (C=O) groups excluding carboxylic acids is 1. The molecule has 3 atom stereocenters. The number of carbonyl (C=O) groups is 1. The monoisotopic (exact) mass is 248 g/mol. The zero-order valence-electron chi connectivity index (χ0n) is 10.8. The predicted molar refractivity (Wildman–Crippen MR) is 70.0 cm³/mol. The van der Waals surface area contributed by atoms with Crippen LogP contribution in [-0.4, -0.2) is 29.2 Å². The summed E-state index contributed by atoms with van der Waals surface area (Å²) in [4.78, 5) is 11.3. The van der Waals surface area contributed by atoms with Gasteiger partial charge in [0.2, 0.25) is 5.91 Å². The molecule has 0 radical (unpaired) electrons. The highest BCUT2D eigenvalue weighted by Crippen LogP contribution is 2.30. The molecule has 4 nitrogen and oxygen atoms in total. The molecule has 1 aromatic carbocycles. The summed E-state index contributed by atoms with van der Waals surface area (Å²) >= 11 is 0. The van der Waals surface area contributed by atoms with Crippen LogP contribution in [0.2, 0.25) is 0 Å². The van der Waals surface area contributed by atoms with Crippen molar-refractivity contribution in [2.24, 2.45) is 0 Å². The van der Waals surface area contributed by atoms with Gasteiger partial charge in [0.15, 0.2) is 0 Å². The molecular formula is C14H20N2O2. The minimum absolute atomic E-state index is 0.0566. The fourth-order valence-electron chi connectivity index (χ4n) is 2.54. The van der Waals surface area contributed by atoms with Crippen LogP contribution in [-0.2, 0) is 4.79 Å². The highest BCUT2D eigenvalue weighted by atomic mass is 16.3. The molecule has 0 aliphatic carbocycles. The van der Waals surface area contributed by atoms with Crippen molar-refractivity contribution in [1.82, 2.24) is 10.6 Å². The van der Waals surface area contributed by atoms with E-state index in [-0.39, 0.29) is 18.0 Å². The van der Waals surface area contributed by atoms with Crippen molar-refractivity contribution >= 4 is 5.91 Å². The maximum atomic E-state index is 11.3. The minimum atomic E-state index is -0.891. The minimum Gasteiger partial charge on any atom is -0.388 e. The van der Waals surface area contributed by atoms with Crippen LogP contribution in [0.25, 0.3) is 0 Å². The molecule has 1 heterocycles. The van der Waals surface area contributed by atoms with Gasteiger partial charge in [-0.05, 0) is 25.5 Å². The molecule has 3 N–H and O–H groups in total. The van der Waals surface area contributed by atoms with Crippen LogP contribution in [0.4, 0.5) is 0 Å². The van der Waals surface area contributed by atoms with Crippen molar-refractivity contribution in [2.45, 2.75) is 38.0 Å². The number of hydrogen-bond donors (Lipinski definition) is 3. The van der Waals surface area contributed by atoms with Crippen molar-refractivity contribution in [2.75, 3.05) is 6.54 Å². The Bertz CT molecular complexity index is 417. The summed E-state index contributed by atoms with van der Waals surface area (Å²) in [6.45, 7) is 4.00. The second kappa shape index (κ2) is 5.08. The summed E-state index contributed by atoms with van der Waals surface area (Å²) in [7, 11) is 0. The van der Waals surface area contributed by atoms with Crippen LogP contribution in [0.1, 0.15) is 31.9 Å². The summed E-state index contributed by atoms with van der Waals surface area (Å²) in [5, 5.41) is 16.7. The van der Waals surface area contributed by atoms with Gasteiger partial charge in [-0.3, -0.25) is 4.79 Å². The van der Waals surface area contributed by atoms with Gasteiger partial charge >= 0.3 is 0 Å². The van der Waals surface area contributed by atoms with E-state index < -0.39 is 5.60 Å². The molecule has 0 bridgehead atoms. The third-order valence-electron chi connectivity index (χ3n) is 3.52. The Morgan fingerprint density at radius 1 is 1.44 bits per heavy atom. The van der Waals surface area contributed by atoms with Crippen LogP contribution in [0.15, 0.2) is 30.3 Å². The summed E-state index contributed by atoms with van der Waals surface area (Å²) in [6.07, 6.45) is 0.626. The number of rotatable bonds is 2. The summed E-state index contributed by atoms with van der Waals surface area (Å²) < 4.78 is 0. The van der Waals surface area contributed by atoms with E-state index in [0.29, 0.717) is 6.42 Å². The molecule has 1 fully saturated rings. The van der Waals surface area contributed by atoms with E-state index in [2.05, 4.69) is 10.6 Å². The number of amides is 1. The van der Waals surface area contributed by atoms with Crippen LogP contribution >= 0.6 is 0 Å². The molecule has 18 heavy (non-hydrogen) atoms. The molecule has 0 saturated carbocycles. The molecule has 2 rings (SSSR count). The Kier molecular flexibility index (Phi) is 3.68. The second-order valence-electron chi connectivity index (χ2n) is 5.13. The van der Waals surface area contributed by atoms with E-state index in [1.165, 1.54) is 6.92 Å². The Morgan fingerprint density at radius 2 is 2.11 bits per heavy atom. The lowest BCUT2D eigenvalue weighted by Gasteiger charge is -2.43. The van der Waals surface area contributed by atoms with Crippen LogP contribution < -0.4 is 10.6 Å². The molecule has 4 heteroatoms. The molecule has 1 saturated heterocycles. The Balaban J connectivity index is 2.28. The van der Waals surface area contributed by atoms with E-state index in [9.17, 15) is 9.90 Å². The van der Waals surface area contributed by atoms with E-state index in [4.69, 9.17) is 0 Å². The number of nitrogens with one attached hydrogen (secondary N) is 2. The van der Waals surface area contributed by atoms with Crippen molar-refractivity contribution in [1.29, 1.82) is 0 Å². The van der Waals surface area contributed by atoms with Gasteiger partial charge in [-0.25, -0.2) is 0 Å². The van der Waals surface area contributed by atoms with Gasteiger partial charge in [0, 0.05) is 6.92 Å². The Labute approximate surface area is 107 Å². The quantitative estimate of drug-likeness (QED) is 0.731. The van der Waals surface area contributed by atoms with E-state index >= 15 is 0 Å².